The molecule has 118 valence electrons. The van der Waals surface area contributed by atoms with Gasteiger partial charge in [-0.25, -0.2) is 4.79 Å². The van der Waals surface area contributed by atoms with Crippen molar-refractivity contribution in [2.24, 2.45) is 5.73 Å². The Morgan fingerprint density at radius 1 is 1.29 bits per heavy atom. The Labute approximate surface area is 119 Å². The van der Waals surface area contributed by atoms with Gasteiger partial charge in [0.05, 0.1) is 6.61 Å². The standard InChI is InChI=1S/C11H15NO2.C2HF3O2/c1-2-14-11(13)10(12)8-9-6-4-3-5-7-9;3-2(4,5)1(6)7/h3-7,10H,2,8,12H2,1H3;(H,6,7)/t10-;/m0./s1. The van der Waals surface area contributed by atoms with Gasteiger partial charge in [-0.05, 0) is 18.9 Å². The molecule has 0 aromatic heterocycles. The molecule has 0 aliphatic carbocycles. The monoisotopic (exact) mass is 307 g/mol. The molecule has 0 aliphatic heterocycles. The highest BCUT2D eigenvalue weighted by molar-refractivity contribution is 5.75. The van der Waals surface area contributed by atoms with Gasteiger partial charge < -0.3 is 15.6 Å². The molecule has 1 atom stereocenters. The van der Waals surface area contributed by atoms with Crippen LogP contribution in [-0.4, -0.2) is 35.9 Å². The van der Waals surface area contributed by atoms with Crippen molar-refractivity contribution < 1.29 is 32.6 Å². The highest BCUT2D eigenvalue weighted by atomic mass is 19.4. The van der Waals surface area contributed by atoms with E-state index in [4.69, 9.17) is 20.4 Å². The summed E-state index contributed by atoms with van der Waals surface area (Å²) in [6.45, 7) is 2.15. The number of esters is 1. The number of benzene rings is 1. The van der Waals surface area contributed by atoms with Crippen molar-refractivity contribution >= 4 is 11.9 Å². The maximum absolute atomic E-state index is 11.2. The van der Waals surface area contributed by atoms with E-state index in [9.17, 15) is 18.0 Å². The van der Waals surface area contributed by atoms with Gasteiger partial charge in [0.1, 0.15) is 6.04 Å². The average molecular weight is 307 g/mol. The summed E-state index contributed by atoms with van der Waals surface area (Å²) in [5.74, 6) is -3.09. The molecule has 3 N–H and O–H groups in total. The van der Waals surface area contributed by atoms with E-state index in [0.717, 1.165) is 5.56 Å². The van der Waals surface area contributed by atoms with E-state index in [2.05, 4.69) is 0 Å². The van der Waals surface area contributed by atoms with E-state index in [1.807, 2.05) is 30.3 Å². The number of halogens is 3. The number of hydrogen-bond donors (Lipinski definition) is 2. The van der Waals surface area contributed by atoms with Crippen LogP contribution < -0.4 is 5.73 Å². The summed E-state index contributed by atoms with van der Waals surface area (Å²) in [5.41, 5.74) is 6.71. The third-order valence-corrected chi connectivity index (χ3v) is 2.13. The van der Waals surface area contributed by atoms with Crippen molar-refractivity contribution in [3.8, 4) is 0 Å². The van der Waals surface area contributed by atoms with Crippen LogP contribution in [0.3, 0.4) is 0 Å². The van der Waals surface area contributed by atoms with E-state index in [0.29, 0.717) is 13.0 Å². The Kier molecular flexibility index (Phi) is 8.07. The molecule has 0 bridgehead atoms. The van der Waals surface area contributed by atoms with Gasteiger partial charge in [-0.15, -0.1) is 0 Å². The average Bonchev–Trinajstić information content (AvgIpc) is 2.39. The zero-order valence-corrected chi connectivity index (χ0v) is 11.3. The number of carbonyl (C=O) groups excluding carboxylic acids is 1. The zero-order valence-electron chi connectivity index (χ0n) is 11.3. The molecule has 1 aromatic rings. The fourth-order valence-electron chi connectivity index (χ4n) is 1.20. The second-order valence-corrected chi connectivity index (χ2v) is 3.85. The second kappa shape index (κ2) is 8.96. The molecule has 0 aliphatic rings. The summed E-state index contributed by atoms with van der Waals surface area (Å²) < 4.78 is 36.5. The molecule has 0 saturated heterocycles. The highest BCUT2D eigenvalue weighted by Gasteiger charge is 2.38. The largest absolute Gasteiger partial charge is 0.490 e. The molecular formula is C13H16F3NO4. The fourth-order valence-corrected chi connectivity index (χ4v) is 1.20. The van der Waals surface area contributed by atoms with E-state index < -0.39 is 18.2 Å². The van der Waals surface area contributed by atoms with Gasteiger partial charge in [-0.2, -0.15) is 13.2 Å². The molecule has 1 aromatic carbocycles. The highest BCUT2D eigenvalue weighted by Crippen LogP contribution is 2.13. The predicted octanol–water partition coefficient (Wildman–Crippen LogP) is 1.75. The van der Waals surface area contributed by atoms with Crippen LogP contribution in [0.4, 0.5) is 13.2 Å². The predicted molar refractivity (Wildman–Crippen MR) is 68.4 cm³/mol. The van der Waals surface area contributed by atoms with E-state index in [-0.39, 0.29) is 5.97 Å². The van der Waals surface area contributed by atoms with Gasteiger partial charge in [0.25, 0.3) is 0 Å². The van der Waals surface area contributed by atoms with Crippen LogP contribution in [0.15, 0.2) is 30.3 Å². The Hall–Kier alpha value is -2.09. The second-order valence-electron chi connectivity index (χ2n) is 3.85. The number of hydrogen-bond acceptors (Lipinski definition) is 4. The molecule has 0 fully saturated rings. The maximum Gasteiger partial charge on any atom is 0.490 e. The van der Waals surface area contributed by atoms with E-state index in [1.54, 1.807) is 6.92 Å². The van der Waals surface area contributed by atoms with E-state index >= 15 is 0 Å². The number of aliphatic carboxylic acids is 1. The summed E-state index contributed by atoms with van der Waals surface area (Å²) in [6, 6.07) is 9.11. The lowest BCUT2D eigenvalue weighted by atomic mass is 10.1. The lowest BCUT2D eigenvalue weighted by Gasteiger charge is -2.09. The quantitative estimate of drug-likeness (QED) is 0.827. The first-order valence-corrected chi connectivity index (χ1v) is 5.94. The topological polar surface area (TPSA) is 89.6 Å². The fraction of sp³-hybridized carbons (Fsp3) is 0.385. The minimum absolute atomic E-state index is 0.337. The van der Waals surface area contributed by atoms with Crippen LogP contribution in [0.2, 0.25) is 0 Å². The van der Waals surface area contributed by atoms with Crippen LogP contribution in [0.25, 0.3) is 0 Å². The molecule has 0 radical (unpaired) electrons. The number of nitrogens with two attached hydrogens (primary N) is 1. The van der Waals surface area contributed by atoms with Gasteiger partial charge in [-0.1, -0.05) is 30.3 Å². The molecule has 5 nitrogen and oxygen atoms in total. The van der Waals surface area contributed by atoms with Crippen molar-refractivity contribution in [1.82, 2.24) is 0 Å². The van der Waals surface area contributed by atoms with Crippen molar-refractivity contribution in [3.05, 3.63) is 35.9 Å². The lowest BCUT2D eigenvalue weighted by molar-refractivity contribution is -0.192. The lowest BCUT2D eigenvalue weighted by Crippen LogP contribution is -2.34. The van der Waals surface area contributed by atoms with Gasteiger partial charge in [0, 0.05) is 0 Å². The molecule has 0 unspecified atom stereocenters. The van der Waals surface area contributed by atoms with Crippen LogP contribution in [0, 0.1) is 0 Å². The zero-order chi connectivity index (χ0) is 16.5. The van der Waals surface area contributed by atoms with Gasteiger partial charge >= 0.3 is 18.1 Å². The Morgan fingerprint density at radius 2 is 1.76 bits per heavy atom. The summed E-state index contributed by atoms with van der Waals surface area (Å²) >= 11 is 0. The molecule has 1 rings (SSSR count). The molecule has 0 heterocycles. The molecular weight excluding hydrogens is 291 g/mol. The molecule has 0 amide bonds. The Bertz CT molecular complexity index is 448. The Morgan fingerprint density at radius 3 is 2.14 bits per heavy atom. The first-order valence-electron chi connectivity index (χ1n) is 5.94. The number of carbonyl (C=O) groups is 2. The molecule has 0 spiro atoms. The third-order valence-electron chi connectivity index (χ3n) is 2.13. The number of carboxylic acid groups (broad SMARTS) is 1. The SMILES string of the molecule is CCOC(=O)[C@@H](N)Cc1ccccc1.O=C(O)C(F)(F)F. The van der Waals surface area contributed by atoms with Crippen LogP contribution in [-0.2, 0) is 20.7 Å². The summed E-state index contributed by atoms with van der Waals surface area (Å²) in [5, 5.41) is 7.12. The molecule has 0 saturated carbocycles. The van der Waals surface area contributed by atoms with Crippen LogP contribution >= 0.6 is 0 Å². The first-order chi connectivity index (χ1) is 9.68. The summed E-state index contributed by atoms with van der Waals surface area (Å²) in [6.07, 6.45) is -4.56. The van der Waals surface area contributed by atoms with E-state index in [1.165, 1.54) is 0 Å². The van der Waals surface area contributed by atoms with Crippen LogP contribution in [0.5, 0.6) is 0 Å². The van der Waals surface area contributed by atoms with Crippen LogP contribution in [0.1, 0.15) is 12.5 Å². The number of ether oxygens (including phenoxy) is 1. The number of alkyl halides is 3. The first kappa shape index (κ1) is 18.9. The summed E-state index contributed by atoms with van der Waals surface area (Å²) in [7, 11) is 0. The minimum Gasteiger partial charge on any atom is -0.475 e. The third kappa shape index (κ3) is 8.64. The molecule has 8 heteroatoms. The maximum atomic E-state index is 11.2. The minimum atomic E-state index is -5.08. The van der Waals surface area contributed by atoms with Gasteiger partial charge in [-0.3, -0.25) is 4.79 Å². The number of rotatable bonds is 4. The summed E-state index contributed by atoms with van der Waals surface area (Å²) in [4.78, 5) is 20.1. The molecule has 21 heavy (non-hydrogen) atoms. The van der Waals surface area contributed by atoms with Crippen molar-refractivity contribution in [2.45, 2.75) is 25.6 Å². The number of carboxylic acids is 1. The van der Waals surface area contributed by atoms with Gasteiger partial charge in [0.2, 0.25) is 0 Å². The normalized spacial score (nSPS) is 11.9. The van der Waals surface area contributed by atoms with Crippen molar-refractivity contribution in [1.29, 1.82) is 0 Å². The van der Waals surface area contributed by atoms with Crippen molar-refractivity contribution in [2.75, 3.05) is 6.61 Å². The van der Waals surface area contributed by atoms with Crippen molar-refractivity contribution in [3.63, 3.8) is 0 Å². The van der Waals surface area contributed by atoms with Gasteiger partial charge in [0.15, 0.2) is 0 Å². The Balaban J connectivity index is 0.000000486. The smallest absolute Gasteiger partial charge is 0.475 e.